The topological polar surface area (TPSA) is 112 Å². The second kappa shape index (κ2) is 8.85. The van der Waals surface area contributed by atoms with Crippen LogP contribution in [0.2, 0.25) is 0 Å². The molecule has 0 radical (unpaired) electrons. The van der Waals surface area contributed by atoms with Crippen LogP contribution in [-0.2, 0) is 24.1 Å². The first-order chi connectivity index (χ1) is 16.1. The number of hydrogen-bond donors (Lipinski definition) is 1. The van der Waals surface area contributed by atoms with Crippen LogP contribution in [-0.4, -0.2) is 32.7 Å². The van der Waals surface area contributed by atoms with Gasteiger partial charge in [0.15, 0.2) is 5.82 Å². The highest BCUT2D eigenvalue weighted by atomic mass is 16.5. The van der Waals surface area contributed by atoms with Crippen LogP contribution in [0.15, 0.2) is 57.8 Å². The highest BCUT2D eigenvalue weighted by Crippen LogP contribution is 2.35. The average Bonchev–Trinajstić information content (AvgIpc) is 3.56. The van der Waals surface area contributed by atoms with Crippen molar-refractivity contribution in [1.82, 2.24) is 19.7 Å². The molecule has 1 N–H and O–H groups in total. The van der Waals surface area contributed by atoms with Gasteiger partial charge in [-0.15, -0.1) is 0 Å². The maximum absolute atomic E-state index is 13.0. The van der Waals surface area contributed by atoms with E-state index in [0.29, 0.717) is 46.9 Å². The lowest BCUT2D eigenvalue weighted by Crippen LogP contribution is -2.25. The molecule has 0 atom stereocenters. The van der Waals surface area contributed by atoms with Gasteiger partial charge < -0.3 is 14.6 Å². The number of aryl methyl sites for hydroxylation is 2. The molecule has 1 saturated carbocycles. The number of benzene rings is 2. The van der Waals surface area contributed by atoms with Crippen LogP contribution in [0.5, 0.6) is 5.75 Å². The fourth-order valence-corrected chi connectivity index (χ4v) is 3.85. The van der Waals surface area contributed by atoms with Crippen LogP contribution in [0, 0.1) is 0 Å². The molecule has 1 amide bonds. The van der Waals surface area contributed by atoms with Gasteiger partial charge in [-0.3, -0.25) is 14.2 Å². The number of nitrogens with one attached hydrogen (secondary N) is 1. The Hall–Kier alpha value is -4.01. The van der Waals surface area contributed by atoms with Crippen molar-refractivity contribution in [2.45, 2.75) is 38.1 Å². The van der Waals surface area contributed by atoms with Gasteiger partial charge in [-0.05, 0) is 37.1 Å². The van der Waals surface area contributed by atoms with Crippen LogP contribution in [0.4, 0.5) is 5.69 Å². The van der Waals surface area contributed by atoms with Gasteiger partial charge in [0.1, 0.15) is 11.6 Å². The second-order valence-electron chi connectivity index (χ2n) is 7.98. The average molecular weight is 445 g/mol. The molecule has 1 aliphatic rings. The molecule has 9 heteroatoms. The number of ether oxygens (including phenoxy) is 1. The zero-order valence-electron chi connectivity index (χ0n) is 18.2. The minimum atomic E-state index is -0.273. The summed E-state index contributed by atoms with van der Waals surface area (Å²) in [7, 11) is 1.55. The molecule has 1 aliphatic carbocycles. The summed E-state index contributed by atoms with van der Waals surface area (Å²) in [6.45, 7) is 0. The first-order valence-corrected chi connectivity index (χ1v) is 10.9. The lowest BCUT2D eigenvalue weighted by molar-refractivity contribution is -0.115. The van der Waals surface area contributed by atoms with Crippen LogP contribution in [0.3, 0.4) is 0 Å². The van der Waals surface area contributed by atoms with Gasteiger partial charge in [0.25, 0.3) is 5.56 Å². The van der Waals surface area contributed by atoms with E-state index in [1.54, 1.807) is 23.8 Å². The van der Waals surface area contributed by atoms with E-state index in [1.807, 2.05) is 36.4 Å². The van der Waals surface area contributed by atoms with Gasteiger partial charge in [-0.1, -0.05) is 29.4 Å². The number of aromatic nitrogens is 4. The molecule has 2 heterocycles. The summed E-state index contributed by atoms with van der Waals surface area (Å²) in [5.41, 5.74) is 1.26. The molecule has 0 aliphatic heterocycles. The fourth-order valence-electron chi connectivity index (χ4n) is 3.85. The zero-order chi connectivity index (χ0) is 22.8. The standard InChI is InChI=1S/C24H23N5O4/c1-32-19-9-5-4-8-18(19)26-22(30)14-20-27-23(33-28-20)13-12-21-25-17-7-3-2-6-16(17)24(31)29(21)15-10-11-15/h2-9,15H,10-14H2,1H3,(H,26,30). The van der Waals surface area contributed by atoms with E-state index in [-0.39, 0.29) is 23.9 Å². The van der Waals surface area contributed by atoms with E-state index in [2.05, 4.69) is 15.5 Å². The summed E-state index contributed by atoms with van der Waals surface area (Å²) >= 11 is 0. The summed E-state index contributed by atoms with van der Waals surface area (Å²) in [6, 6.07) is 14.8. The fraction of sp³-hybridized carbons (Fsp3) is 0.292. The Labute approximate surface area is 189 Å². The third kappa shape index (κ3) is 4.48. The first-order valence-electron chi connectivity index (χ1n) is 10.9. The lowest BCUT2D eigenvalue weighted by Gasteiger charge is -2.12. The Kier molecular flexibility index (Phi) is 5.60. The Morgan fingerprint density at radius 3 is 2.73 bits per heavy atom. The monoisotopic (exact) mass is 445 g/mol. The van der Waals surface area contributed by atoms with E-state index >= 15 is 0 Å². The van der Waals surface area contributed by atoms with Crippen molar-refractivity contribution in [3.05, 3.63) is 76.4 Å². The number of carbonyl (C=O) groups is 1. The molecule has 2 aromatic carbocycles. The van der Waals surface area contributed by atoms with Gasteiger partial charge >= 0.3 is 0 Å². The smallest absolute Gasteiger partial charge is 0.261 e. The van der Waals surface area contributed by atoms with Crippen LogP contribution < -0.4 is 15.6 Å². The largest absolute Gasteiger partial charge is 0.495 e. The molecule has 5 rings (SSSR count). The lowest BCUT2D eigenvalue weighted by atomic mass is 10.2. The summed E-state index contributed by atoms with van der Waals surface area (Å²) < 4.78 is 12.4. The van der Waals surface area contributed by atoms with Crippen LogP contribution in [0.1, 0.15) is 36.4 Å². The Morgan fingerprint density at radius 2 is 1.91 bits per heavy atom. The van der Waals surface area contributed by atoms with Gasteiger partial charge in [0, 0.05) is 18.9 Å². The Bertz CT molecular complexity index is 1370. The molecule has 0 saturated heterocycles. The summed E-state index contributed by atoms with van der Waals surface area (Å²) in [5, 5.41) is 7.35. The number of fused-ring (bicyclic) bond motifs is 1. The van der Waals surface area contributed by atoms with E-state index in [1.165, 1.54) is 0 Å². The number of para-hydroxylation sites is 3. The maximum atomic E-state index is 13.0. The van der Waals surface area contributed by atoms with Crippen molar-refractivity contribution in [3.63, 3.8) is 0 Å². The van der Waals surface area contributed by atoms with E-state index in [9.17, 15) is 9.59 Å². The van der Waals surface area contributed by atoms with Crippen molar-refractivity contribution in [3.8, 4) is 5.75 Å². The van der Waals surface area contributed by atoms with Crippen molar-refractivity contribution < 1.29 is 14.1 Å². The number of nitrogens with zero attached hydrogens (tertiary/aromatic N) is 4. The van der Waals surface area contributed by atoms with Crippen LogP contribution in [0.25, 0.3) is 10.9 Å². The summed E-state index contributed by atoms with van der Waals surface area (Å²) in [4.78, 5) is 34.4. The molecule has 168 valence electrons. The minimum Gasteiger partial charge on any atom is -0.495 e. The number of rotatable bonds is 8. The number of methoxy groups -OCH3 is 1. The van der Waals surface area contributed by atoms with Crippen molar-refractivity contribution in [2.75, 3.05) is 12.4 Å². The molecule has 2 aromatic heterocycles. The van der Waals surface area contributed by atoms with Gasteiger partial charge in [0.05, 0.1) is 30.1 Å². The van der Waals surface area contributed by atoms with Crippen molar-refractivity contribution in [2.24, 2.45) is 0 Å². The molecule has 33 heavy (non-hydrogen) atoms. The quantitative estimate of drug-likeness (QED) is 0.443. The predicted molar refractivity (Wildman–Crippen MR) is 121 cm³/mol. The predicted octanol–water partition coefficient (Wildman–Crippen LogP) is 3.09. The van der Waals surface area contributed by atoms with Crippen LogP contribution >= 0.6 is 0 Å². The number of anilines is 1. The Balaban J connectivity index is 1.27. The Morgan fingerprint density at radius 1 is 1.12 bits per heavy atom. The molecule has 0 spiro atoms. The molecule has 4 aromatic rings. The molecule has 9 nitrogen and oxygen atoms in total. The van der Waals surface area contributed by atoms with E-state index < -0.39 is 0 Å². The zero-order valence-corrected chi connectivity index (χ0v) is 18.2. The van der Waals surface area contributed by atoms with Crippen molar-refractivity contribution >= 4 is 22.5 Å². The molecule has 0 unspecified atom stereocenters. The minimum absolute atomic E-state index is 0.00247. The first kappa shape index (κ1) is 20.9. The highest BCUT2D eigenvalue weighted by Gasteiger charge is 2.28. The molecular formula is C24H23N5O4. The van der Waals surface area contributed by atoms with Gasteiger partial charge in [-0.2, -0.15) is 4.98 Å². The number of amides is 1. The van der Waals surface area contributed by atoms with Gasteiger partial charge in [-0.25, -0.2) is 4.98 Å². The van der Waals surface area contributed by atoms with E-state index in [0.717, 1.165) is 18.7 Å². The number of hydrogen-bond acceptors (Lipinski definition) is 7. The number of carbonyl (C=O) groups excluding carboxylic acids is 1. The molecule has 1 fully saturated rings. The maximum Gasteiger partial charge on any atom is 0.261 e. The highest BCUT2D eigenvalue weighted by molar-refractivity contribution is 5.93. The normalized spacial score (nSPS) is 13.2. The van der Waals surface area contributed by atoms with E-state index in [4.69, 9.17) is 14.2 Å². The van der Waals surface area contributed by atoms with Gasteiger partial charge in [0.2, 0.25) is 11.8 Å². The summed E-state index contributed by atoms with van der Waals surface area (Å²) in [5.74, 6) is 1.72. The molecule has 0 bridgehead atoms. The second-order valence-corrected chi connectivity index (χ2v) is 7.98. The summed E-state index contributed by atoms with van der Waals surface area (Å²) in [6.07, 6.45) is 2.87. The van der Waals surface area contributed by atoms with Crippen molar-refractivity contribution in [1.29, 1.82) is 0 Å². The third-order valence-corrected chi connectivity index (χ3v) is 5.57. The SMILES string of the molecule is COc1ccccc1NC(=O)Cc1noc(CCc2nc3ccccc3c(=O)n2C2CC2)n1. The molecular weight excluding hydrogens is 422 g/mol. The third-order valence-electron chi connectivity index (χ3n) is 5.57.